The summed E-state index contributed by atoms with van der Waals surface area (Å²) >= 11 is 0. The van der Waals surface area contributed by atoms with E-state index < -0.39 is 23.4 Å². The van der Waals surface area contributed by atoms with E-state index in [-0.39, 0.29) is 11.3 Å². The smallest absolute Gasteiger partial charge is 0.345 e. The molecule has 7 nitrogen and oxygen atoms in total. The Morgan fingerprint density at radius 1 is 1.08 bits per heavy atom. The predicted octanol–water partition coefficient (Wildman–Crippen LogP) is 2.41. The standard InChI is InChI=1S/C17H16N2O5/c1-18(11-13-7-3-2-4-8-13)16(20)12-24-17(21)14-9-5-6-10-15(14)19(22)23/h2-10H,11-12H2,1H3. The quantitative estimate of drug-likeness (QED) is 0.461. The summed E-state index contributed by atoms with van der Waals surface area (Å²) in [4.78, 5) is 35.6. The first-order valence-electron chi connectivity index (χ1n) is 7.17. The SMILES string of the molecule is CN(Cc1ccccc1)C(=O)COC(=O)c1ccccc1[N+](=O)[O-]. The summed E-state index contributed by atoms with van der Waals surface area (Å²) in [6.07, 6.45) is 0. The third-order valence-corrected chi connectivity index (χ3v) is 3.34. The van der Waals surface area contributed by atoms with Gasteiger partial charge in [-0.1, -0.05) is 42.5 Å². The van der Waals surface area contributed by atoms with Crippen LogP contribution < -0.4 is 0 Å². The van der Waals surface area contributed by atoms with Crippen LogP contribution in [0.3, 0.4) is 0 Å². The minimum atomic E-state index is -0.899. The third kappa shape index (κ3) is 4.39. The highest BCUT2D eigenvalue weighted by molar-refractivity contribution is 5.95. The summed E-state index contributed by atoms with van der Waals surface area (Å²) < 4.78 is 4.90. The zero-order valence-corrected chi connectivity index (χ0v) is 13.0. The zero-order chi connectivity index (χ0) is 17.5. The van der Waals surface area contributed by atoms with E-state index in [1.165, 1.54) is 29.2 Å². The van der Waals surface area contributed by atoms with Gasteiger partial charge in [-0.15, -0.1) is 0 Å². The molecule has 0 unspecified atom stereocenters. The van der Waals surface area contributed by atoms with Gasteiger partial charge in [0.15, 0.2) is 6.61 Å². The lowest BCUT2D eigenvalue weighted by Crippen LogP contribution is -2.30. The van der Waals surface area contributed by atoms with Crippen LogP contribution in [0.5, 0.6) is 0 Å². The number of amides is 1. The molecule has 7 heteroatoms. The van der Waals surface area contributed by atoms with Crippen LogP contribution in [0.4, 0.5) is 5.69 Å². The molecular formula is C17H16N2O5. The second kappa shape index (κ2) is 7.87. The van der Waals surface area contributed by atoms with Crippen molar-refractivity contribution < 1.29 is 19.2 Å². The second-order valence-corrected chi connectivity index (χ2v) is 5.09. The third-order valence-electron chi connectivity index (χ3n) is 3.34. The predicted molar refractivity (Wildman–Crippen MR) is 86.3 cm³/mol. The van der Waals surface area contributed by atoms with Crippen LogP contribution in [-0.2, 0) is 16.1 Å². The van der Waals surface area contributed by atoms with E-state index >= 15 is 0 Å². The molecule has 0 atom stereocenters. The van der Waals surface area contributed by atoms with Crippen molar-refractivity contribution in [1.29, 1.82) is 0 Å². The molecule has 124 valence electrons. The monoisotopic (exact) mass is 328 g/mol. The van der Waals surface area contributed by atoms with Crippen molar-refractivity contribution in [3.05, 3.63) is 75.8 Å². The van der Waals surface area contributed by atoms with Crippen LogP contribution >= 0.6 is 0 Å². The minimum Gasteiger partial charge on any atom is -0.452 e. The van der Waals surface area contributed by atoms with Crippen LogP contribution in [-0.4, -0.2) is 35.4 Å². The van der Waals surface area contributed by atoms with E-state index in [0.29, 0.717) is 6.54 Å². The van der Waals surface area contributed by atoms with Gasteiger partial charge in [0.2, 0.25) is 0 Å². The first-order chi connectivity index (χ1) is 11.5. The molecule has 0 saturated carbocycles. The van der Waals surface area contributed by atoms with Gasteiger partial charge in [-0.25, -0.2) is 4.79 Å². The van der Waals surface area contributed by atoms with Crippen molar-refractivity contribution in [2.24, 2.45) is 0 Å². The van der Waals surface area contributed by atoms with E-state index in [9.17, 15) is 19.7 Å². The Balaban J connectivity index is 1.94. The molecule has 0 bridgehead atoms. The summed E-state index contributed by atoms with van der Waals surface area (Å²) in [6, 6.07) is 14.8. The number of carbonyl (C=O) groups excluding carboxylic acids is 2. The van der Waals surface area contributed by atoms with E-state index in [2.05, 4.69) is 0 Å². The van der Waals surface area contributed by atoms with Gasteiger partial charge >= 0.3 is 5.97 Å². The Bertz CT molecular complexity index is 746. The minimum absolute atomic E-state index is 0.180. The number of esters is 1. The molecule has 0 fully saturated rings. The van der Waals surface area contributed by atoms with Crippen LogP contribution in [0.2, 0.25) is 0 Å². The highest BCUT2D eigenvalue weighted by Gasteiger charge is 2.21. The molecule has 0 aliphatic carbocycles. The van der Waals surface area contributed by atoms with Crippen LogP contribution in [0, 0.1) is 10.1 Å². The van der Waals surface area contributed by atoms with Crippen molar-refractivity contribution in [3.63, 3.8) is 0 Å². The summed E-state index contributed by atoms with van der Waals surface area (Å²) in [7, 11) is 1.59. The highest BCUT2D eigenvalue weighted by Crippen LogP contribution is 2.18. The largest absolute Gasteiger partial charge is 0.452 e. The number of ether oxygens (including phenoxy) is 1. The van der Waals surface area contributed by atoms with Crippen LogP contribution in [0.15, 0.2) is 54.6 Å². The number of hydrogen-bond acceptors (Lipinski definition) is 5. The average Bonchev–Trinajstić information content (AvgIpc) is 2.60. The molecule has 0 heterocycles. The van der Waals surface area contributed by atoms with E-state index in [1.807, 2.05) is 30.3 Å². The van der Waals surface area contributed by atoms with Crippen LogP contribution in [0.1, 0.15) is 15.9 Å². The zero-order valence-electron chi connectivity index (χ0n) is 13.0. The van der Waals surface area contributed by atoms with E-state index in [1.54, 1.807) is 7.05 Å². The van der Waals surface area contributed by atoms with Gasteiger partial charge in [0.1, 0.15) is 5.56 Å². The lowest BCUT2D eigenvalue weighted by molar-refractivity contribution is -0.385. The first-order valence-corrected chi connectivity index (χ1v) is 7.17. The topological polar surface area (TPSA) is 89.8 Å². The number of nitro benzene ring substituents is 1. The van der Waals surface area contributed by atoms with Crippen molar-refractivity contribution >= 4 is 17.6 Å². The van der Waals surface area contributed by atoms with Crippen molar-refractivity contribution in [1.82, 2.24) is 4.90 Å². The molecule has 0 aromatic heterocycles. The Labute approximate surface area is 138 Å². The highest BCUT2D eigenvalue weighted by atomic mass is 16.6. The fourth-order valence-electron chi connectivity index (χ4n) is 2.07. The molecule has 24 heavy (non-hydrogen) atoms. The fourth-order valence-corrected chi connectivity index (χ4v) is 2.07. The number of likely N-dealkylation sites (N-methyl/N-ethyl adjacent to an activating group) is 1. The number of para-hydroxylation sites is 1. The lowest BCUT2D eigenvalue weighted by Gasteiger charge is -2.17. The Hall–Kier alpha value is -3.22. The molecule has 0 N–H and O–H groups in total. The van der Waals surface area contributed by atoms with Gasteiger partial charge in [-0.3, -0.25) is 14.9 Å². The van der Waals surface area contributed by atoms with Gasteiger partial charge in [-0.05, 0) is 11.6 Å². The average molecular weight is 328 g/mol. The molecule has 0 aliphatic rings. The first kappa shape index (κ1) is 17.1. The molecular weight excluding hydrogens is 312 g/mol. The van der Waals surface area contributed by atoms with E-state index in [4.69, 9.17) is 4.74 Å². The summed E-state index contributed by atoms with van der Waals surface area (Å²) in [5.74, 6) is -1.30. The molecule has 0 saturated heterocycles. The van der Waals surface area contributed by atoms with Crippen molar-refractivity contribution in [2.75, 3.05) is 13.7 Å². The maximum absolute atomic E-state index is 12.0. The van der Waals surface area contributed by atoms with Crippen molar-refractivity contribution in [2.45, 2.75) is 6.54 Å². The van der Waals surface area contributed by atoms with Crippen LogP contribution in [0.25, 0.3) is 0 Å². The second-order valence-electron chi connectivity index (χ2n) is 5.09. The molecule has 2 aromatic carbocycles. The maximum atomic E-state index is 12.0. The van der Waals surface area contributed by atoms with E-state index in [0.717, 1.165) is 5.56 Å². The molecule has 2 rings (SSSR count). The molecule has 1 amide bonds. The van der Waals surface area contributed by atoms with Gasteiger partial charge in [0, 0.05) is 19.7 Å². The molecule has 2 aromatic rings. The normalized spacial score (nSPS) is 10.0. The number of nitrogens with zero attached hydrogens (tertiary/aromatic N) is 2. The van der Waals surface area contributed by atoms with Crippen molar-refractivity contribution in [3.8, 4) is 0 Å². The Kier molecular flexibility index (Phi) is 5.62. The van der Waals surface area contributed by atoms with Gasteiger partial charge in [0.05, 0.1) is 4.92 Å². The molecule has 0 aliphatic heterocycles. The number of rotatable bonds is 6. The summed E-state index contributed by atoms with van der Waals surface area (Å²) in [5, 5.41) is 10.9. The summed E-state index contributed by atoms with van der Waals surface area (Å²) in [5.41, 5.74) is 0.409. The number of hydrogen-bond donors (Lipinski definition) is 0. The Morgan fingerprint density at radius 2 is 1.71 bits per heavy atom. The number of nitro groups is 1. The molecule has 0 radical (unpaired) electrons. The Morgan fingerprint density at radius 3 is 2.38 bits per heavy atom. The number of carbonyl (C=O) groups is 2. The lowest BCUT2D eigenvalue weighted by atomic mass is 10.2. The fraction of sp³-hybridized carbons (Fsp3) is 0.176. The van der Waals surface area contributed by atoms with Gasteiger partial charge in [0.25, 0.3) is 11.6 Å². The maximum Gasteiger partial charge on any atom is 0.345 e. The molecule has 0 spiro atoms. The van der Waals surface area contributed by atoms with Gasteiger partial charge < -0.3 is 9.64 Å². The summed E-state index contributed by atoms with van der Waals surface area (Å²) in [6.45, 7) is -0.100. The number of benzene rings is 2. The van der Waals surface area contributed by atoms with Gasteiger partial charge in [-0.2, -0.15) is 0 Å².